The Morgan fingerprint density at radius 1 is 1.19 bits per heavy atom. The van der Waals surface area contributed by atoms with Crippen molar-refractivity contribution in [2.75, 3.05) is 5.73 Å². The summed E-state index contributed by atoms with van der Waals surface area (Å²) < 4.78 is 2.01. The van der Waals surface area contributed by atoms with Crippen LogP contribution in [0, 0.1) is 13.8 Å². The molecule has 1 aliphatic carbocycles. The van der Waals surface area contributed by atoms with Crippen LogP contribution in [-0.4, -0.2) is 19.6 Å². The van der Waals surface area contributed by atoms with E-state index >= 15 is 0 Å². The zero-order valence-electron chi connectivity index (χ0n) is 12.2. The van der Waals surface area contributed by atoms with E-state index in [1.807, 2.05) is 24.3 Å². The Bertz CT molecular complexity index is 845. The largest absolute Gasteiger partial charge is 0.390 e. The van der Waals surface area contributed by atoms with Gasteiger partial charge >= 0.3 is 0 Å². The Labute approximate surface area is 126 Å². The molecule has 108 valence electrons. The molecule has 2 N–H and O–H groups in total. The lowest BCUT2D eigenvalue weighted by molar-refractivity contribution is 0.697. The van der Waals surface area contributed by atoms with Crippen molar-refractivity contribution in [3.63, 3.8) is 0 Å². The number of anilines is 1. The first-order valence-corrected chi connectivity index (χ1v) is 8.06. The van der Waals surface area contributed by atoms with Crippen LogP contribution >= 0.6 is 11.3 Å². The second kappa shape index (κ2) is 4.53. The van der Waals surface area contributed by atoms with Gasteiger partial charge < -0.3 is 5.73 Å². The number of aryl methyl sites for hydroxylation is 3. The maximum Gasteiger partial charge on any atom is 0.173 e. The molecule has 0 unspecified atom stereocenters. The Hall–Kier alpha value is -1.95. The third-order valence-corrected chi connectivity index (χ3v) is 5.23. The third kappa shape index (κ3) is 1.86. The van der Waals surface area contributed by atoms with Crippen LogP contribution in [0.4, 0.5) is 5.00 Å². The molecule has 0 radical (unpaired) electrons. The minimum Gasteiger partial charge on any atom is -0.390 e. The van der Waals surface area contributed by atoms with Crippen molar-refractivity contribution >= 4 is 22.0 Å². The Kier molecular flexibility index (Phi) is 2.75. The molecule has 3 aromatic rings. The molecule has 4 rings (SSSR count). The van der Waals surface area contributed by atoms with Crippen LogP contribution in [0.5, 0.6) is 0 Å². The fourth-order valence-corrected chi connectivity index (χ4v) is 4.38. The van der Waals surface area contributed by atoms with Gasteiger partial charge in [0.05, 0.1) is 10.6 Å². The van der Waals surface area contributed by atoms with Gasteiger partial charge in [-0.05, 0) is 45.1 Å². The van der Waals surface area contributed by atoms with Crippen LogP contribution in [0.15, 0.2) is 6.07 Å². The third-order valence-electron chi connectivity index (χ3n) is 4.11. The van der Waals surface area contributed by atoms with E-state index < -0.39 is 0 Å². The smallest absolute Gasteiger partial charge is 0.173 e. The van der Waals surface area contributed by atoms with Crippen molar-refractivity contribution in [3.8, 4) is 11.4 Å². The van der Waals surface area contributed by atoms with Crippen LogP contribution in [-0.2, 0) is 12.8 Å². The molecule has 5 nitrogen and oxygen atoms in total. The molecule has 0 saturated carbocycles. The predicted octanol–water partition coefficient (Wildman–Crippen LogP) is 2.93. The molecule has 3 heterocycles. The van der Waals surface area contributed by atoms with Gasteiger partial charge in [-0.15, -0.1) is 21.5 Å². The van der Waals surface area contributed by atoms with E-state index in [1.54, 1.807) is 11.3 Å². The van der Waals surface area contributed by atoms with Gasteiger partial charge in [0.15, 0.2) is 11.5 Å². The van der Waals surface area contributed by atoms with E-state index in [1.165, 1.54) is 23.3 Å². The zero-order chi connectivity index (χ0) is 14.6. The number of hydrogen-bond acceptors (Lipinski definition) is 5. The van der Waals surface area contributed by atoms with Gasteiger partial charge in [0.25, 0.3) is 0 Å². The van der Waals surface area contributed by atoms with Crippen LogP contribution in [0.25, 0.3) is 17.0 Å². The zero-order valence-corrected chi connectivity index (χ0v) is 13.0. The summed E-state index contributed by atoms with van der Waals surface area (Å²) in [6, 6.07) is 1.96. The SMILES string of the molecule is Cc1cc2nnc(-c3c(N)sc4c3CCCC4)n2c(C)n1. The number of fused-ring (bicyclic) bond motifs is 2. The molecule has 0 bridgehead atoms. The molecule has 0 aromatic carbocycles. The minimum absolute atomic E-state index is 0.838. The number of nitrogens with zero attached hydrogens (tertiary/aromatic N) is 4. The molecule has 0 atom stereocenters. The number of aromatic nitrogens is 4. The topological polar surface area (TPSA) is 69.1 Å². The van der Waals surface area contributed by atoms with Crippen molar-refractivity contribution in [1.82, 2.24) is 19.6 Å². The van der Waals surface area contributed by atoms with Gasteiger partial charge in [0.2, 0.25) is 0 Å². The monoisotopic (exact) mass is 299 g/mol. The lowest BCUT2D eigenvalue weighted by Crippen LogP contribution is -2.03. The lowest BCUT2D eigenvalue weighted by atomic mass is 9.95. The average Bonchev–Trinajstić information content (AvgIpc) is 2.98. The van der Waals surface area contributed by atoms with Crippen LogP contribution < -0.4 is 5.73 Å². The summed E-state index contributed by atoms with van der Waals surface area (Å²) in [6.45, 7) is 3.96. The fraction of sp³-hybridized carbons (Fsp3) is 0.400. The Balaban J connectivity index is 2.01. The Morgan fingerprint density at radius 2 is 2.00 bits per heavy atom. The maximum absolute atomic E-state index is 6.30. The number of nitrogen functional groups attached to an aromatic ring is 1. The molecule has 3 aromatic heterocycles. The number of nitrogens with two attached hydrogens (primary N) is 1. The number of thiophene rings is 1. The second-order valence-corrected chi connectivity index (χ2v) is 6.75. The number of hydrogen-bond donors (Lipinski definition) is 1. The lowest BCUT2D eigenvalue weighted by Gasteiger charge is -2.12. The summed E-state index contributed by atoms with van der Waals surface area (Å²) in [5.41, 5.74) is 10.5. The van der Waals surface area contributed by atoms with Gasteiger partial charge in [-0.3, -0.25) is 4.40 Å². The summed E-state index contributed by atoms with van der Waals surface area (Å²) in [6.07, 6.45) is 4.71. The second-order valence-electron chi connectivity index (χ2n) is 5.61. The molecular formula is C15H17N5S. The quantitative estimate of drug-likeness (QED) is 0.750. The molecule has 0 amide bonds. The van der Waals surface area contributed by atoms with E-state index in [-0.39, 0.29) is 0 Å². The highest BCUT2D eigenvalue weighted by atomic mass is 32.1. The van der Waals surface area contributed by atoms with Crippen LogP contribution in [0.3, 0.4) is 0 Å². The van der Waals surface area contributed by atoms with E-state index in [2.05, 4.69) is 15.2 Å². The highest BCUT2D eigenvalue weighted by Crippen LogP contribution is 2.41. The summed E-state index contributed by atoms with van der Waals surface area (Å²) in [7, 11) is 0. The summed E-state index contributed by atoms with van der Waals surface area (Å²) in [5, 5.41) is 9.57. The summed E-state index contributed by atoms with van der Waals surface area (Å²) >= 11 is 1.71. The standard InChI is InChI=1S/C15H17N5S/c1-8-7-12-18-19-15(20(12)9(2)17-8)13-10-5-3-4-6-11(10)21-14(13)16/h7H,3-6,16H2,1-2H3. The minimum atomic E-state index is 0.838. The average molecular weight is 299 g/mol. The highest BCUT2D eigenvalue weighted by Gasteiger charge is 2.24. The molecule has 21 heavy (non-hydrogen) atoms. The highest BCUT2D eigenvalue weighted by molar-refractivity contribution is 7.16. The van der Waals surface area contributed by atoms with E-state index in [0.717, 1.165) is 46.4 Å². The Morgan fingerprint density at radius 3 is 2.86 bits per heavy atom. The van der Waals surface area contributed by atoms with Crippen molar-refractivity contribution in [2.45, 2.75) is 39.5 Å². The van der Waals surface area contributed by atoms with Gasteiger partial charge in [0, 0.05) is 16.6 Å². The first-order chi connectivity index (χ1) is 10.1. The predicted molar refractivity (Wildman–Crippen MR) is 84.6 cm³/mol. The van der Waals surface area contributed by atoms with Gasteiger partial charge in [0.1, 0.15) is 5.82 Å². The van der Waals surface area contributed by atoms with Gasteiger partial charge in [-0.1, -0.05) is 0 Å². The van der Waals surface area contributed by atoms with Crippen molar-refractivity contribution in [2.24, 2.45) is 0 Å². The summed E-state index contributed by atoms with van der Waals surface area (Å²) in [4.78, 5) is 5.95. The molecule has 6 heteroatoms. The van der Waals surface area contributed by atoms with Crippen molar-refractivity contribution in [3.05, 3.63) is 28.0 Å². The van der Waals surface area contributed by atoms with Crippen molar-refractivity contribution < 1.29 is 0 Å². The van der Waals surface area contributed by atoms with Crippen LogP contribution in [0.2, 0.25) is 0 Å². The molecule has 0 aliphatic heterocycles. The van der Waals surface area contributed by atoms with Crippen molar-refractivity contribution in [1.29, 1.82) is 0 Å². The molecule has 1 aliphatic rings. The molecule has 0 spiro atoms. The van der Waals surface area contributed by atoms with Crippen LogP contribution in [0.1, 0.15) is 34.8 Å². The van der Waals surface area contributed by atoms with Gasteiger partial charge in [-0.25, -0.2) is 4.98 Å². The van der Waals surface area contributed by atoms with E-state index in [0.29, 0.717) is 0 Å². The molecule has 0 saturated heterocycles. The van der Waals surface area contributed by atoms with Gasteiger partial charge in [-0.2, -0.15) is 0 Å². The summed E-state index contributed by atoms with van der Waals surface area (Å²) in [5.74, 6) is 1.74. The van der Waals surface area contributed by atoms with E-state index in [4.69, 9.17) is 5.73 Å². The first-order valence-electron chi connectivity index (χ1n) is 7.25. The first kappa shape index (κ1) is 12.8. The normalized spacial score (nSPS) is 14.6. The molecular weight excluding hydrogens is 282 g/mol. The van der Waals surface area contributed by atoms with E-state index in [9.17, 15) is 0 Å². The maximum atomic E-state index is 6.30. The molecule has 0 fully saturated rings. The number of rotatable bonds is 1. The fourth-order valence-electron chi connectivity index (χ4n) is 3.23.